The second-order valence-corrected chi connectivity index (χ2v) is 2.85. The highest BCUT2D eigenvalue weighted by Gasteiger charge is 2.06. The summed E-state index contributed by atoms with van der Waals surface area (Å²) in [5.41, 5.74) is 0. The van der Waals surface area contributed by atoms with Gasteiger partial charge in [0.1, 0.15) is 0 Å². The molecule has 0 aliphatic heterocycles. The summed E-state index contributed by atoms with van der Waals surface area (Å²) in [4.78, 5) is 10.1. The van der Waals surface area contributed by atoms with Crippen molar-refractivity contribution in [2.75, 3.05) is 6.61 Å². The summed E-state index contributed by atoms with van der Waals surface area (Å²) in [6.45, 7) is 0.108. The van der Waals surface area contributed by atoms with Crippen molar-refractivity contribution in [2.45, 2.75) is 24.5 Å². The van der Waals surface area contributed by atoms with Gasteiger partial charge in [-0.3, -0.25) is 4.79 Å². The molecule has 0 rings (SSSR count). The quantitative estimate of drug-likeness (QED) is 0.519. The molecule has 0 amide bonds. The van der Waals surface area contributed by atoms with Crippen LogP contribution in [0.1, 0.15) is 19.3 Å². The van der Waals surface area contributed by atoms with Gasteiger partial charge in [0.05, 0.1) is 6.42 Å². The molecule has 1 unspecified atom stereocenters. The standard InChI is InChI=1S/C6H12O3S/c7-3-1-2-5(10)4-6(8)9/h5,7,10H,1-4H2,(H,8,9). The molecule has 0 spiro atoms. The van der Waals surface area contributed by atoms with E-state index < -0.39 is 5.97 Å². The van der Waals surface area contributed by atoms with Crippen LogP contribution >= 0.6 is 12.6 Å². The van der Waals surface area contributed by atoms with E-state index >= 15 is 0 Å². The van der Waals surface area contributed by atoms with Crippen LogP contribution in [0.25, 0.3) is 0 Å². The van der Waals surface area contributed by atoms with Crippen molar-refractivity contribution in [3.63, 3.8) is 0 Å². The van der Waals surface area contributed by atoms with Crippen molar-refractivity contribution >= 4 is 18.6 Å². The Bertz CT molecular complexity index is 105. The zero-order chi connectivity index (χ0) is 7.98. The van der Waals surface area contributed by atoms with Crippen molar-refractivity contribution in [1.29, 1.82) is 0 Å². The van der Waals surface area contributed by atoms with E-state index in [1.165, 1.54) is 0 Å². The van der Waals surface area contributed by atoms with Crippen LogP contribution in [0.3, 0.4) is 0 Å². The van der Waals surface area contributed by atoms with Crippen LogP contribution in [-0.2, 0) is 4.79 Å². The Labute approximate surface area is 65.5 Å². The Kier molecular flexibility index (Phi) is 5.43. The molecular weight excluding hydrogens is 152 g/mol. The van der Waals surface area contributed by atoms with E-state index in [9.17, 15) is 4.79 Å². The van der Waals surface area contributed by atoms with Gasteiger partial charge in [-0.2, -0.15) is 12.6 Å². The predicted octanol–water partition coefficient (Wildman–Crippen LogP) is 0.532. The molecule has 0 aliphatic rings. The SMILES string of the molecule is O=C(O)CC(S)CCCO. The summed E-state index contributed by atoms with van der Waals surface area (Å²) in [5, 5.41) is 16.5. The number of hydrogen-bond donors (Lipinski definition) is 3. The van der Waals surface area contributed by atoms with E-state index in [1.54, 1.807) is 0 Å². The molecule has 4 heteroatoms. The van der Waals surface area contributed by atoms with Crippen molar-refractivity contribution in [2.24, 2.45) is 0 Å². The fourth-order valence-corrected chi connectivity index (χ4v) is 0.969. The lowest BCUT2D eigenvalue weighted by Gasteiger charge is -2.04. The normalized spacial score (nSPS) is 13.0. The molecule has 1 atom stereocenters. The zero-order valence-electron chi connectivity index (χ0n) is 5.66. The van der Waals surface area contributed by atoms with Crippen molar-refractivity contribution < 1.29 is 15.0 Å². The summed E-state index contributed by atoms with van der Waals surface area (Å²) in [7, 11) is 0. The van der Waals surface area contributed by atoms with Crippen LogP contribution in [-0.4, -0.2) is 28.0 Å². The summed E-state index contributed by atoms with van der Waals surface area (Å²) >= 11 is 4.01. The monoisotopic (exact) mass is 164 g/mol. The van der Waals surface area contributed by atoms with Crippen LogP contribution in [0.2, 0.25) is 0 Å². The molecule has 0 aromatic carbocycles. The number of aliphatic hydroxyl groups excluding tert-OH is 1. The van der Waals surface area contributed by atoms with Crippen molar-refractivity contribution in [1.82, 2.24) is 0 Å². The first kappa shape index (κ1) is 9.78. The maximum Gasteiger partial charge on any atom is 0.304 e. The summed E-state index contributed by atoms with van der Waals surface area (Å²) in [5.74, 6) is -0.835. The van der Waals surface area contributed by atoms with E-state index in [1.807, 2.05) is 0 Å². The van der Waals surface area contributed by atoms with Gasteiger partial charge in [0, 0.05) is 11.9 Å². The van der Waals surface area contributed by atoms with E-state index in [-0.39, 0.29) is 18.3 Å². The zero-order valence-corrected chi connectivity index (χ0v) is 6.55. The van der Waals surface area contributed by atoms with Gasteiger partial charge in [0.15, 0.2) is 0 Å². The molecule has 0 heterocycles. The van der Waals surface area contributed by atoms with Gasteiger partial charge >= 0.3 is 5.97 Å². The first-order chi connectivity index (χ1) is 4.66. The Hall–Kier alpha value is -0.220. The number of carboxylic acids is 1. The summed E-state index contributed by atoms with van der Waals surface area (Å²) in [6, 6.07) is 0. The van der Waals surface area contributed by atoms with Gasteiger partial charge in [-0.1, -0.05) is 0 Å². The maximum absolute atomic E-state index is 10.1. The van der Waals surface area contributed by atoms with Gasteiger partial charge in [0.2, 0.25) is 0 Å². The van der Waals surface area contributed by atoms with Gasteiger partial charge in [-0.15, -0.1) is 0 Å². The van der Waals surface area contributed by atoms with Crippen LogP contribution in [0.4, 0.5) is 0 Å². The first-order valence-corrected chi connectivity index (χ1v) is 3.69. The first-order valence-electron chi connectivity index (χ1n) is 3.17. The van der Waals surface area contributed by atoms with Crippen molar-refractivity contribution in [3.8, 4) is 0 Å². The van der Waals surface area contributed by atoms with Crippen LogP contribution in [0, 0.1) is 0 Å². The molecule has 10 heavy (non-hydrogen) atoms. The highest BCUT2D eigenvalue weighted by Crippen LogP contribution is 2.08. The number of aliphatic carboxylic acids is 1. The van der Waals surface area contributed by atoms with Crippen LogP contribution in [0.15, 0.2) is 0 Å². The molecule has 3 nitrogen and oxygen atoms in total. The van der Waals surface area contributed by atoms with E-state index in [0.717, 1.165) is 0 Å². The Morgan fingerprint density at radius 2 is 2.20 bits per heavy atom. The predicted molar refractivity (Wildman–Crippen MR) is 41.3 cm³/mol. The molecule has 0 bridgehead atoms. The molecule has 0 saturated heterocycles. The second-order valence-electron chi connectivity index (χ2n) is 2.12. The molecule has 0 fully saturated rings. The molecule has 2 N–H and O–H groups in total. The topological polar surface area (TPSA) is 57.5 Å². The van der Waals surface area contributed by atoms with Crippen LogP contribution in [0.5, 0.6) is 0 Å². The van der Waals surface area contributed by atoms with Gasteiger partial charge in [-0.05, 0) is 12.8 Å². The molecule has 0 aliphatic carbocycles. The van der Waals surface area contributed by atoms with Crippen LogP contribution < -0.4 is 0 Å². The summed E-state index contributed by atoms with van der Waals surface area (Å²) in [6.07, 6.45) is 1.36. The Morgan fingerprint density at radius 1 is 1.60 bits per heavy atom. The fraction of sp³-hybridized carbons (Fsp3) is 0.833. The second kappa shape index (κ2) is 5.56. The van der Waals surface area contributed by atoms with E-state index in [4.69, 9.17) is 10.2 Å². The van der Waals surface area contributed by atoms with Crippen molar-refractivity contribution in [3.05, 3.63) is 0 Å². The molecule has 0 radical (unpaired) electrons. The largest absolute Gasteiger partial charge is 0.481 e. The fourth-order valence-electron chi connectivity index (χ4n) is 0.631. The lowest BCUT2D eigenvalue weighted by atomic mass is 10.2. The number of rotatable bonds is 5. The summed E-state index contributed by atoms with van der Waals surface area (Å²) < 4.78 is 0. The number of hydrogen-bond acceptors (Lipinski definition) is 3. The van der Waals surface area contributed by atoms with Gasteiger partial charge in [0.25, 0.3) is 0 Å². The highest BCUT2D eigenvalue weighted by atomic mass is 32.1. The third kappa shape index (κ3) is 5.91. The maximum atomic E-state index is 10.1. The molecular formula is C6H12O3S. The van der Waals surface area contributed by atoms with Gasteiger partial charge < -0.3 is 10.2 Å². The average Bonchev–Trinajstić information content (AvgIpc) is 1.82. The Morgan fingerprint density at radius 3 is 2.60 bits per heavy atom. The molecule has 0 saturated carbocycles. The minimum Gasteiger partial charge on any atom is -0.481 e. The molecule has 0 aromatic heterocycles. The number of carbonyl (C=O) groups is 1. The lowest BCUT2D eigenvalue weighted by molar-refractivity contribution is -0.137. The smallest absolute Gasteiger partial charge is 0.304 e. The van der Waals surface area contributed by atoms with E-state index in [2.05, 4.69) is 12.6 Å². The van der Waals surface area contributed by atoms with E-state index in [0.29, 0.717) is 12.8 Å². The number of aliphatic hydroxyl groups is 1. The lowest BCUT2D eigenvalue weighted by Crippen LogP contribution is -2.07. The minimum absolute atomic E-state index is 0.0725. The van der Waals surface area contributed by atoms with Gasteiger partial charge in [-0.25, -0.2) is 0 Å². The number of carboxylic acid groups (broad SMARTS) is 1. The highest BCUT2D eigenvalue weighted by molar-refractivity contribution is 7.81. The number of thiol groups is 1. The molecule has 0 aromatic rings. The minimum atomic E-state index is -0.835. The average molecular weight is 164 g/mol. The third-order valence-electron chi connectivity index (χ3n) is 1.11. The third-order valence-corrected chi connectivity index (χ3v) is 1.55. The molecule has 60 valence electrons. The Balaban J connectivity index is 3.25.